The summed E-state index contributed by atoms with van der Waals surface area (Å²) in [5.74, 6) is 0. The Morgan fingerprint density at radius 2 is 0.500 bits per heavy atom. The Hall–Kier alpha value is 0.868. The van der Waals surface area contributed by atoms with Gasteiger partial charge in [-0.2, -0.15) is 0 Å². The summed E-state index contributed by atoms with van der Waals surface area (Å²) >= 11 is 0. The Morgan fingerprint density at radius 3 is 0.562 bits per heavy atom. The molecule has 0 aromatic rings. The fraction of sp³-hybridized carbons (Fsp3) is 1.00. The van der Waals surface area contributed by atoms with E-state index in [0.717, 1.165) is 22.2 Å². The Bertz CT molecular complexity index is 169. The molecule has 16 heavy (non-hydrogen) atoms. The van der Waals surface area contributed by atoms with Crippen LogP contribution in [0.2, 0.25) is 22.2 Å². The number of hydrogen-bond donors (Lipinski definition) is 0. The van der Waals surface area contributed by atoms with Gasteiger partial charge in [0.25, 0.3) is 0 Å². The van der Waals surface area contributed by atoms with Crippen LogP contribution >= 0.6 is 0 Å². The van der Waals surface area contributed by atoms with Crippen LogP contribution in [0.3, 0.4) is 0 Å². The van der Waals surface area contributed by atoms with Crippen molar-refractivity contribution in [3.8, 4) is 0 Å². The van der Waals surface area contributed by atoms with Crippen LogP contribution < -0.4 is 0 Å². The summed E-state index contributed by atoms with van der Waals surface area (Å²) in [7, 11) is -0.777. The topological polar surface area (TPSA) is 0 Å². The monoisotopic (exact) mass is 288 g/mol. The van der Waals surface area contributed by atoms with E-state index in [-0.39, 0.29) is 31.3 Å². The van der Waals surface area contributed by atoms with Crippen molar-refractivity contribution in [2.24, 2.45) is 0 Å². The minimum atomic E-state index is -0.194. The average Bonchev–Trinajstić information content (AvgIpc) is 1.97. The van der Waals surface area contributed by atoms with Crippen molar-refractivity contribution < 1.29 is 0 Å². The standard InChI is InChI=1S/C12H32Si4/c1-9(2)13-14(10(3)4)16(12(7)8)15(13)11(5)6/h9-16H,1-8H3. The van der Waals surface area contributed by atoms with Crippen LogP contribution in [0, 0.1) is 0 Å². The minimum absolute atomic E-state index is 0.194. The molecule has 0 aromatic carbocycles. The Morgan fingerprint density at radius 1 is 0.375 bits per heavy atom. The van der Waals surface area contributed by atoms with Gasteiger partial charge in [-0.3, -0.25) is 0 Å². The molecular weight excluding hydrogens is 256 g/mol. The van der Waals surface area contributed by atoms with Gasteiger partial charge in [-0.15, -0.1) is 0 Å². The molecular formula is C12H32Si4. The molecule has 0 atom stereocenters. The lowest BCUT2D eigenvalue weighted by Gasteiger charge is -2.57. The van der Waals surface area contributed by atoms with Crippen molar-refractivity contribution in [2.75, 3.05) is 0 Å². The van der Waals surface area contributed by atoms with Crippen LogP contribution in [0.25, 0.3) is 0 Å². The van der Waals surface area contributed by atoms with Crippen LogP contribution in [-0.4, -0.2) is 31.3 Å². The first-order valence-corrected chi connectivity index (χ1v) is 20.6. The molecule has 1 fully saturated rings. The van der Waals surface area contributed by atoms with Crippen molar-refractivity contribution >= 4 is 31.3 Å². The van der Waals surface area contributed by atoms with Gasteiger partial charge in [0.1, 0.15) is 0 Å². The molecule has 0 radical (unpaired) electrons. The summed E-state index contributed by atoms with van der Waals surface area (Å²) in [6.07, 6.45) is 0. The Balaban J connectivity index is 2.89. The molecule has 0 unspecified atom stereocenters. The highest BCUT2D eigenvalue weighted by Gasteiger charge is 2.56. The summed E-state index contributed by atoms with van der Waals surface area (Å²) in [6, 6.07) is 0. The van der Waals surface area contributed by atoms with Crippen molar-refractivity contribution in [3.05, 3.63) is 0 Å². The van der Waals surface area contributed by atoms with Crippen molar-refractivity contribution in [3.63, 3.8) is 0 Å². The molecule has 1 saturated heterocycles. The molecule has 0 amide bonds. The quantitative estimate of drug-likeness (QED) is 0.698. The first-order valence-electron chi connectivity index (χ1n) is 7.29. The van der Waals surface area contributed by atoms with Crippen LogP contribution in [0.4, 0.5) is 0 Å². The lowest BCUT2D eigenvalue weighted by atomic mass is 10.6. The van der Waals surface area contributed by atoms with Crippen LogP contribution in [0.15, 0.2) is 0 Å². The highest BCUT2D eigenvalue weighted by Crippen LogP contribution is 2.40. The Labute approximate surface area is 109 Å². The van der Waals surface area contributed by atoms with E-state index >= 15 is 0 Å². The first-order chi connectivity index (χ1) is 7.29. The SMILES string of the molecule is CC(C)[SiH]1[SiH](C(C)C)[SiH](C(C)C)[SiH]1C(C)C. The number of hydrogen-bond acceptors (Lipinski definition) is 0. The van der Waals surface area contributed by atoms with E-state index < -0.39 is 0 Å². The second-order valence-electron chi connectivity index (χ2n) is 7.29. The van der Waals surface area contributed by atoms with E-state index in [1.807, 2.05) is 0 Å². The zero-order valence-corrected chi connectivity index (χ0v) is 17.2. The van der Waals surface area contributed by atoms with Gasteiger partial charge in [0.2, 0.25) is 0 Å². The maximum absolute atomic E-state index is 2.58. The van der Waals surface area contributed by atoms with Gasteiger partial charge in [0.15, 0.2) is 0 Å². The van der Waals surface area contributed by atoms with Crippen LogP contribution in [0.5, 0.6) is 0 Å². The van der Waals surface area contributed by atoms with Gasteiger partial charge in [-0.05, 0) is 0 Å². The van der Waals surface area contributed by atoms with Crippen molar-refractivity contribution in [1.29, 1.82) is 0 Å². The van der Waals surface area contributed by atoms with E-state index in [1.54, 1.807) is 0 Å². The van der Waals surface area contributed by atoms with Crippen molar-refractivity contribution in [2.45, 2.75) is 77.6 Å². The normalized spacial score (nSPS) is 35.2. The molecule has 0 spiro atoms. The molecule has 0 nitrogen and oxygen atoms in total. The highest BCUT2D eigenvalue weighted by atomic mass is 30.1. The zero-order valence-electron chi connectivity index (χ0n) is 12.6. The minimum Gasteiger partial charge on any atom is -0.0659 e. The zero-order chi connectivity index (χ0) is 12.6. The molecule has 96 valence electrons. The van der Waals surface area contributed by atoms with Gasteiger partial charge in [-0.1, -0.05) is 77.6 Å². The third-order valence-electron chi connectivity index (χ3n) is 4.86. The first kappa shape index (κ1) is 14.9. The Kier molecular flexibility index (Phi) is 5.29. The van der Waals surface area contributed by atoms with Gasteiger partial charge >= 0.3 is 0 Å². The van der Waals surface area contributed by atoms with E-state index in [4.69, 9.17) is 0 Å². The fourth-order valence-electron chi connectivity index (χ4n) is 4.44. The van der Waals surface area contributed by atoms with E-state index in [9.17, 15) is 0 Å². The third-order valence-corrected chi connectivity index (χ3v) is 91.7. The van der Waals surface area contributed by atoms with Gasteiger partial charge in [-0.25, -0.2) is 0 Å². The largest absolute Gasteiger partial charge is 0.0659 e. The third kappa shape index (κ3) is 2.65. The molecule has 1 aliphatic heterocycles. The maximum atomic E-state index is 2.58. The average molecular weight is 289 g/mol. The molecule has 0 saturated carbocycles. The molecule has 1 aliphatic rings. The predicted molar refractivity (Wildman–Crippen MR) is 89.0 cm³/mol. The molecule has 0 N–H and O–H groups in total. The summed E-state index contributed by atoms with van der Waals surface area (Å²) in [5.41, 5.74) is 4.61. The lowest BCUT2D eigenvalue weighted by Crippen LogP contribution is -2.81. The lowest BCUT2D eigenvalue weighted by molar-refractivity contribution is 1.00. The van der Waals surface area contributed by atoms with E-state index in [0.29, 0.717) is 0 Å². The summed E-state index contributed by atoms with van der Waals surface area (Å²) in [6.45, 7) is 20.6. The summed E-state index contributed by atoms with van der Waals surface area (Å²) in [5, 5.41) is 0. The van der Waals surface area contributed by atoms with E-state index in [1.165, 1.54) is 0 Å². The molecule has 1 heterocycles. The summed E-state index contributed by atoms with van der Waals surface area (Å²) < 4.78 is 0. The van der Waals surface area contributed by atoms with Gasteiger partial charge in [0.05, 0.1) is 0 Å². The molecule has 0 bridgehead atoms. The smallest absolute Gasteiger partial charge is 0.0179 e. The van der Waals surface area contributed by atoms with Crippen LogP contribution in [0.1, 0.15) is 55.4 Å². The van der Waals surface area contributed by atoms with E-state index in [2.05, 4.69) is 55.4 Å². The van der Waals surface area contributed by atoms with Gasteiger partial charge in [0, 0.05) is 31.3 Å². The fourth-order valence-corrected chi connectivity index (χ4v) is 121. The number of rotatable bonds is 4. The maximum Gasteiger partial charge on any atom is 0.0179 e. The molecule has 1 rings (SSSR count). The second kappa shape index (κ2) is 5.67. The predicted octanol–water partition coefficient (Wildman–Crippen LogP) is 2.86. The van der Waals surface area contributed by atoms with Crippen LogP contribution in [-0.2, 0) is 0 Å². The molecule has 4 heteroatoms. The van der Waals surface area contributed by atoms with Gasteiger partial charge < -0.3 is 0 Å². The summed E-state index contributed by atoms with van der Waals surface area (Å²) in [4.78, 5) is 0. The van der Waals surface area contributed by atoms with Crippen molar-refractivity contribution in [1.82, 2.24) is 0 Å². The molecule has 0 aromatic heterocycles. The highest BCUT2D eigenvalue weighted by molar-refractivity contribution is 7.96. The second-order valence-corrected chi connectivity index (χ2v) is 45.0. The molecule has 0 aliphatic carbocycles.